The lowest BCUT2D eigenvalue weighted by atomic mass is 10.4. The highest BCUT2D eigenvalue weighted by molar-refractivity contribution is 8.01. The standard InChI is InChI=1S/C12H11N5S3/c1-3-4-13-11-16-17-12(20-11)19-10-8-5-7(2)18-9(8)14-6-15-10/h3,5-6H,1,4H2,2H3,(H,13,16). The summed E-state index contributed by atoms with van der Waals surface area (Å²) in [4.78, 5) is 10.9. The highest BCUT2D eigenvalue weighted by Crippen LogP contribution is 2.36. The van der Waals surface area contributed by atoms with Gasteiger partial charge in [0, 0.05) is 16.8 Å². The molecule has 20 heavy (non-hydrogen) atoms. The van der Waals surface area contributed by atoms with Gasteiger partial charge in [-0.25, -0.2) is 9.97 Å². The predicted octanol–water partition coefficient (Wildman–Crippen LogP) is 3.60. The minimum atomic E-state index is 0.681. The molecule has 8 heteroatoms. The maximum absolute atomic E-state index is 4.35. The third-order valence-corrected chi connectivity index (χ3v) is 5.31. The topological polar surface area (TPSA) is 63.6 Å². The number of nitrogens with zero attached hydrogens (tertiary/aromatic N) is 4. The van der Waals surface area contributed by atoms with E-state index in [1.54, 1.807) is 23.7 Å². The summed E-state index contributed by atoms with van der Waals surface area (Å²) in [6.45, 7) is 6.41. The first-order valence-corrected chi connectivity index (χ1v) is 8.28. The zero-order valence-corrected chi connectivity index (χ0v) is 13.1. The molecule has 0 aliphatic carbocycles. The molecule has 0 aromatic carbocycles. The summed E-state index contributed by atoms with van der Waals surface area (Å²) in [7, 11) is 0. The third-order valence-electron chi connectivity index (χ3n) is 2.40. The monoisotopic (exact) mass is 321 g/mol. The lowest BCUT2D eigenvalue weighted by molar-refractivity contribution is 1.00. The minimum Gasteiger partial charge on any atom is -0.357 e. The van der Waals surface area contributed by atoms with E-state index >= 15 is 0 Å². The van der Waals surface area contributed by atoms with E-state index in [9.17, 15) is 0 Å². The molecule has 3 heterocycles. The summed E-state index contributed by atoms with van der Waals surface area (Å²) in [6.07, 6.45) is 3.38. The second-order valence-corrected chi connectivity index (χ2v) is 7.35. The van der Waals surface area contributed by atoms with Gasteiger partial charge in [-0.2, -0.15) is 0 Å². The number of hydrogen-bond acceptors (Lipinski definition) is 8. The van der Waals surface area contributed by atoms with Crippen LogP contribution in [-0.4, -0.2) is 26.7 Å². The normalized spacial score (nSPS) is 10.8. The summed E-state index contributed by atoms with van der Waals surface area (Å²) >= 11 is 4.70. The summed E-state index contributed by atoms with van der Waals surface area (Å²) in [5, 5.41) is 14.2. The summed E-state index contributed by atoms with van der Waals surface area (Å²) < 4.78 is 0.861. The molecule has 0 unspecified atom stereocenters. The van der Waals surface area contributed by atoms with Crippen molar-refractivity contribution in [1.29, 1.82) is 0 Å². The van der Waals surface area contributed by atoms with E-state index in [1.165, 1.54) is 28.0 Å². The number of rotatable bonds is 5. The first-order valence-electron chi connectivity index (χ1n) is 5.83. The largest absolute Gasteiger partial charge is 0.357 e. The van der Waals surface area contributed by atoms with Crippen LogP contribution in [0.4, 0.5) is 5.13 Å². The summed E-state index contributed by atoms with van der Waals surface area (Å²) in [5.41, 5.74) is 0. The molecule has 0 bridgehead atoms. The van der Waals surface area contributed by atoms with E-state index in [4.69, 9.17) is 0 Å². The van der Waals surface area contributed by atoms with Crippen molar-refractivity contribution in [2.45, 2.75) is 16.3 Å². The molecule has 0 radical (unpaired) electrons. The van der Waals surface area contributed by atoms with Crippen molar-refractivity contribution in [2.75, 3.05) is 11.9 Å². The van der Waals surface area contributed by atoms with Gasteiger partial charge in [0.15, 0.2) is 4.34 Å². The van der Waals surface area contributed by atoms with Gasteiger partial charge in [0.1, 0.15) is 16.2 Å². The Balaban J connectivity index is 1.85. The first kappa shape index (κ1) is 13.5. The van der Waals surface area contributed by atoms with Gasteiger partial charge in [0.25, 0.3) is 0 Å². The summed E-state index contributed by atoms with van der Waals surface area (Å²) in [6, 6.07) is 2.11. The zero-order valence-electron chi connectivity index (χ0n) is 10.7. The Labute approximate surface area is 128 Å². The van der Waals surface area contributed by atoms with Crippen LogP contribution in [0.1, 0.15) is 4.88 Å². The second-order valence-electron chi connectivity index (χ2n) is 3.90. The molecule has 0 saturated heterocycles. The average Bonchev–Trinajstić information content (AvgIpc) is 3.02. The quantitative estimate of drug-likeness (QED) is 0.572. The van der Waals surface area contributed by atoms with E-state index < -0.39 is 0 Å². The van der Waals surface area contributed by atoms with Gasteiger partial charge in [-0.05, 0) is 24.8 Å². The molecule has 0 fully saturated rings. The smallest absolute Gasteiger partial charge is 0.206 e. The van der Waals surface area contributed by atoms with Gasteiger partial charge < -0.3 is 5.32 Å². The molecule has 3 aromatic rings. The lowest BCUT2D eigenvalue weighted by Gasteiger charge is -1.97. The van der Waals surface area contributed by atoms with Crippen molar-refractivity contribution in [1.82, 2.24) is 20.2 Å². The van der Waals surface area contributed by atoms with Crippen molar-refractivity contribution >= 4 is 49.8 Å². The molecule has 0 spiro atoms. The van der Waals surface area contributed by atoms with Crippen LogP contribution < -0.4 is 5.32 Å². The number of aromatic nitrogens is 4. The zero-order chi connectivity index (χ0) is 13.9. The fourth-order valence-electron chi connectivity index (χ4n) is 1.60. The number of thiophene rings is 1. The molecule has 5 nitrogen and oxygen atoms in total. The summed E-state index contributed by atoms with van der Waals surface area (Å²) in [5.74, 6) is 0. The molecular weight excluding hydrogens is 310 g/mol. The maximum atomic E-state index is 4.35. The second kappa shape index (κ2) is 5.86. The SMILES string of the molecule is C=CCNc1nnc(Sc2ncnc3sc(C)cc23)s1. The van der Waals surface area contributed by atoms with Crippen LogP contribution in [0.3, 0.4) is 0 Å². The molecular formula is C12H11N5S3. The van der Waals surface area contributed by atoms with E-state index in [2.05, 4.69) is 45.1 Å². The van der Waals surface area contributed by atoms with Crippen molar-refractivity contribution in [3.8, 4) is 0 Å². The molecule has 0 aliphatic rings. The van der Waals surface area contributed by atoms with Gasteiger partial charge in [-0.1, -0.05) is 17.4 Å². The molecule has 0 saturated carbocycles. The van der Waals surface area contributed by atoms with Crippen LogP contribution in [0.15, 0.2) is 34.4 Å². The number of fused-ring (bicyclic) bond motifs is 1. The van der Waals surface area contributed by atoms with Crippen LogP contribution in [0, 0.1) is 6.92 Å². The van der Waals surface area contributed by atoms with E-state index in [0.29, 0.717) is 6.54 Å². The predicted molar refractivity (Wildman–Crippen MR) is 84.9 cm³/mol. The third kappa shape index (κ3) is 2.82. The molecule has 102 valence electrons. The van der Waals surface area contributed by atoms with Gasteiger partial charge in [-0.15, -0.1) is 28.1 Å². The fourth-order valence-corrected chi connectivity index (χ4v) is 4.25. The van der Waals surface area contributed by atoms with Gasteiger partial charge in [0.2, 0.25) is 5.13 Å². The van der Waals surface area contributed by atoms with Crippen molar-refractivity contribution in [3.63, 3.8) is 0 Å². The van der Waals surface area contributed by atoms with E-state index in [1.807, 2.05) is 0 Å². The molecule has 0 atom stereocenters. The average molecular weight is 321 g/mol. The first-order chi connectivity index (χ1) is 9.76. The Morgan fingerprint density at radius 1 is 1.35 bits per heavy atom. The molecule has 0 aliphatic heterocycles. The van der Waals surface area contributed by atoms with Crippen LogP contribution >= 0.6 is 34.4 Å². The minimum absolute atomic E-state index is 0.681. The van der Waals surface area contributed by atoms with Crippen LogP contribution in [0.25, 0.3) is 10.2 Å². The van der Waals surface area contributed by atoms with E-state index in [-0.39, 0.29) is 0 Å². The number of anilines is 1. The number of nitrogens with one attached hydrogen (secondary N) is 1. The van der Waals surface area contributed by atoms with Crippen molar-refractivity contribution < 1.29 is 0 Å². The number of hydrogen-bond donors (Lipinski definition) is 1. The molecule has 0 amide bonds. The molecule has 1 N–H and O–H groups in total. The lowest BCUT2D eigenvalue weighted by Crippen LogP contribution is -1.96. The number of aryl methyl sites for hydroxylation is 1. The highest BCUT2D eigenvalue weighted by Gasteiger charge is 2.11. The molecule has 3 rings (SSSR count). The Morgan fingerprint density at radius 3 is 3.10 bits per heavy atom. The molecule has 3 aromatic heterocycles. The van der Waals surface area contributed by atoms with Crippen LogP contribution in [0.5, 0.6) is 0 Å². The van der Waals surface area contributed by atoms with Crippen molar-refractivity contribution in [2.24, 2.45) is 0 Å². The highest BCUT2D eigenvalue weighted by atomic mass is 32.2. The van der Waals surface area contributed by atoms with E-state index in [0.717, 1.165) is 24.7 Å². The van der Waals surface area contributed by atoms with Gasteiger partial charge >= 0.3 is 0 Å². The van der Waals surface area contributed by atoms with Gasteiger partial charge in [0.05, 0.1) is 0 Å². The van der Waals surface area contributed by atoms with Gasteiger partial charge in [-0.3, -0.25) is 0 Å². The Kier molecular flexibility index (Phi) is 3.95. The Bertz CT molecular complexity index is 748. The van der Waals surface area contributed by atoms with Crippen LogP contribution in [0.2, 0.25) is 0 Å². The van der Waals surface area contributed by atoms with Crippen LogP contribution in [-0.2, 0) is 0 Å². The Hall–Kier alpha value is -1.51. The fraction of sp³-hybridized carbons (Fsp3) is 0.167. The Morgan fingerprint density at radius 2 is 2.25 bits per heavy atom. The van der Waals surface area contributed by atoms with Crippen molar-refractivity contribution in [3.05, 3.63) is 29.9 Å². The maximum Gasteiger partial charge on any atom is 0.206 e.